The molecule has 20 heavy (non-hydrogen) atoms. The second-order valence-corrected chi connectivity index (χ2v) is 4.56. The Hall–Kier alpha value is -2.06. The maximum absolute atomic E-state index is 11.9. The molecule has 2 aromatic rings. The van der Waals surface area contributed by atoms with Crippen LogP contribution >= 0.6 is 23.8 Å². The molecule has 9 heteroatoms. The molecule has 0 radical (unpaired) electrons. The maximum atomic E-state index is 11.9. The zero-order valence-electron chi connectivity index (χ0n) is 10.5. The highest BCUT2D eigenvalue weighted by atomic mass is 35.5. The molecule has 1 amide bonds. The number of nitrogens with zero attached hydrogens (tertiary/aromatic N) is 4. The van der Waals surface area contributed by atoms with Gasteiger partial charge in [0.25, 0.3) is 11.9 Å². The van der Waals surface area contributed by atoms with Gasteiger partial charge in [-0.3, -0.25) is 15.4 Å². The maximum Gasteiger partial charge on any atom is 0.269 e. The molecular formula is C11H11ClN6OS. The zero-order chi connectivity index (χ0) is 14.5. The van der Waals surface area contributed by atoms with Crippen LogP contribution in [0, 0.1) is 0 Å². The molecule has 2 N–H and O–H groups in total. The number of amides is 1. The summed E-state index contributed by atoms with van der Waals surface area (Å²) in [6.45, 7) is 2.47. The monoisotopic (exact) mass is 310 g/mol. The van der Waals surface area contributed by atoms with Gasteiger partial charge < -0.3 is 0 Å². The molecule has 0 aliphatic rings. The quantitative estimate of drug-likeness (QED) is 0.835. The summed E-state index contributed by atoms with van der Waals surface area (Å²) in [6, 6.07) is 6.55. The van der Waals surface area contributed by atoms with Crippen LogP contribution in [0.5, 0.6) is 0 Å². The minimum absolute atomic E-state index is 0.0885. The number of aromatic nitrogens is 4. The number of rotatable bonds is 3. The van der Waals surface area contributed by atoms with E-state index < -0.39 is 0 Å². The molecule has 1 heterocycles. The normalized spacial score (nSPS) is 10.1. The first-order valence-electron chi connectivity index (χ1n) is 5.74. The van der Waals surface area contributed by atoms with E-state index in [-0.39, 0.29) is 17.0 Å². The van der Waals surface area contributed by atoms with E-state index in [4.69, 9.17) is 23.8 Å². The third-order valence-corrected chi connectivity index (χ3v) is 2.71. The number of nitrogens with one attached hydrogen (secondary N) is 2. The van der Waals surface area contributed by atoms with Crippen molar-refractivity contribution in [1.29, 1.82) is 0 Å². The summed E-state index contributed by atoms with van der Waals surface area (Å²) < 4.78 is 0. The van der Waals surface area contributed by atoms with Crippen molar-refractivity contribution in [2.75, 3.05) is 5.32 Å². The smallest absolute Gasteiger partial charge is 0.269 e. The van der Waals surface area contributed by atoms with Gasteiger partial charge in [0.05, 0.1) is 6.54 Å². The van der Waals surface area contributed by atoms with Crippen LogP contribution in [0.25, 0.3) is 0 Å². The van der Waals surface area contributed by atoms with Gasteiger partial charge in [0, 0.05) is 10.6 Å². The van der Waals surface area contributed by atoms with Gasteiger partial charge in [-0.05, 0) is 42.6 Å². The molecular weight excluding hydrogens is 300 g/mol. The van der Waals surface area contributed by atoms with Crippen LogP contribution in [-0.4, -0.2) is 31.2 Å². The van der Waals surface area contributed by atoms with Gasteiger partial charge in [-0.15, -0.1) is 5.10 Å². The number of thiocarbonyl (C=S) groups is 1. The fourth-order valence-electron chi connectivity index (χ4n) is 1.37. The third-order valence-electron chi connectivity index (χ3n) is 2.27. The summed E-state index contributed by atoms with van der Waals surface area (Å²) in [5, 5.41) is 17.2. The molecule has 2 rings (SSSR count). The van der Waals surface area contributed by atoms with Gasteiger partial charge in [0.15, 0.2) is 5.11 Å². The largest absolute Gasteiger partial charge is 0.299 e. The number of hydrogen-bond donors (Lipinski definition) is 2. The molecule has 1 aromatic carbocycles. The number of carbonyl (C=O) groups excluding carboxylic acids is 1. The first-order valence-corrected chi connectivity index (χ1v) is 6.53. The summed E-state index contributed by atoms with van der Waals surface area (Å²) in [4.78, 5) is 13.3. The fraction of sp³-hybridized carbons (Fsp3) is 0.182. The van der Waals surface area contributed by atoms with Crippen molar-refractivity contribution in [1.82, 2.24) is 25.5 Å². The van der Waals surface area contributed by atoms with Crippen molar-refractivity contribution >= 4 is 40.8 Å². The molecule has 7 nitrogen and oxygen atoms in total. The van der Waals surface area contributed by atoms with Crippen molar-refractivity contribution < 1.29 is 4.79 Å². The number of anilines is 1. The van der Waals surface area contributed by atoms with E-state index in [1.54, 1.807) is 24.3 Å². The lowest BCUT2D eigenvalue weighted by Gasteiger charge is -2.06. The number of hydrogen-bond acceptors (Lipinski definition) is 5. The van der Waals surface area contributed by atoms with Crippen molar-refractivity contribution in [3.8, 4) is 0 Å². The molecule has 0 unspecified atom stereocenters. The highest BCUT2D eigenvalue weighted by Gasteiger charge is 2.10. The number of halogens is 1. The Balaban J connectivity index is 1.95. The van der Waals surface area contributed by atoms with E-state index in [2.05, 4.69) is 26.0 Å². The highest BCUT2D eigenvalue weighted by molar-refractivity contribution is 7.80. The summed E-state index contributed by atoms with van der Waals surface area (Å²) in [5.74, 6) is -0.142. The summed E-state index contributed by atoms with van der Waals surface area (Å²) >= 11 is 10.8. The molecule has 0 spiro atoms. The van der Waals surface area contributed by atoms with Crippen LogP contribution in [0.15, 0.2) is 24.3 Å². The van der Waals surface area contributed by atoms with Gasteiger partial charge in [-0.25, -0.2) is 0 Å². The highest BCUT2D eigenvalue weighted by Crippen LogP contribution is 2.10. The fourth-order valence-corrected chi connectivity index (χ4v) is 1.74. The van der Waals surface area contributed by atoms with Crippen molar-refractivity contribution in [2.45, 2.75) is 13.5 Å². The van der Waals surface area contributed by atoms with Crippen LogP contribution in [0.1, 0.15) is 17.3 Å². The van der Waals surface area contributed by atoms with E-state index in [0.717, 1.165) is 0 Å². The Morgan fingerprint density at radius 2 is 2.30 bits per heavy atom. The van der Waals surface area contributed by atoms with Crippen LogP contribution in [-0.2, 0) is 6.54 Å². The summed E-state index contributed by atoms with van der Waals surface area (Å²) in [6.07, 6.45) is 0. The Morgan fingerprint density at radius 1 is 1.50 bits per heavy atom. The van der Waals surface area contributed by atoms with Crippen LogP contribution in [0.3, 0.4) is 0 Å². The number of benzene rings is 1. The van der Waals surface area contributed by atoms with E-state index in [9.17, 15) is 4.79 Å². The lowest BCUT2D eigenvalue weighted by molar-refractivity contribution is 0.0977. The SMILES string of the molecule is CCn1nnc(NC(=S)NC(=O)c2cccc(Cl)c2)n1. The van der Waals surface area contributed by atoms with Gasteiger partial charge in [-0.1, -0.05) is 22.8 Å². The van der Waals surface area contributed by atoms with Crippen molar-refractivity contribution in [3.63, 3.8) is 0 Å². The van der Waals surface area contributed by atoms with Gasteiger partial charge >= 0.3 is 0 Å². The summed E-state index contributed by atoms with van der Waals surface area (Å²) in [7, 11) is 0. The average Bonchev–Trinajstić information content (AvgIpc) is 2.86. The lowest BCUT2D eigenvalue weighted by Crippen LogP contribution is -2.34. The van der Waals surface area contributed by atoms with Crippen LogP contribution in [0.2, 0.25) is 5.02 Å². The Labute approximate surface area is 125 Å². The average molecular weight is 311 g/mol. The molecule has 0 saturated heterocycles. The zero-order valence-corrected chi connectivity index (χ0v) is 12.1. The van der Waals surface area contributed by atoms with E-state index >= 15 is 0 Å². The van der Waals surface area contributed by atoms with Crippen molar-refractivity contribution in [2.24, 2.45) is 0 Å². The minimum atomic E-state index is -0.368. The molecule has 1 aromatic heterocycles. The molecule has 0 aliphatic heterocycles. The van der Waals surface area contributed by atoms with Crippen molar-refractivity contribution in [3.05, 3.63) is 34.9 Å². The molecule has 0 atom stereocenters. The predicted octanol–water partition coefficient (Wildman–Crippen LogP) is 1.47. The number of tetrazole rings is 1. The molecule has 0 aliphatic carbocycles. The van der Waals surface area contributed by atoms with E-state index in [1.165, 1.54) is 4.80 Å². The summed E-state index contributed by atoms with van der Waals surface area (Å²) in [5.41, 5.74) is 0.409. The van der Waals surface area contributed by atoms with Gasteiger partial charge in [0.1, 0.15) is 0 Å². The van der Waals surface area contributed by atoms with Crippen LogP contribution < -0.4 is 10.6 Å². The number of aryl methyl sites for hydroxylation is 1. The van der Waals surface area contributed by atoms with Gasteiger partial charge in [0.2, 0.25) is 0 Å². The van der Waals surface area contributed by atoms with Gasteiger partial charge in [-0.2, -0.15) is 4.80 Å². The first kappa shape index (κ1) is 14.4. The Morgan fingerprint density at radius 3 is 2.95 bits per heavy atom. The predicted molar refractivity (Wildman–Crippen MR) is 78.6 cm³/mol. The molecule has 0 saturated carbocycles. The van der Waals surface area contributed by atoms with E-state index in [0.29, 0.717) is 17.1 Å². The van der Waals surface area contributed by atoms with Crippen LogP contribution in [0.4, 0.5) is 5.95 Å². The Bertz CT molecular complexity index is 643. The molecule has 0 bridgehead atoms. The van der Waals surface area contributed by atoms with E-state index in [1.807, 2.05) is 6.92 Å². The second kappa shape index (κ2) is 6.40. The standard InChI is InChI=1S/C11H11ClN6OS/c1-2-18-16-10(15-17-18)14-11(20)13-9(19)7-4-3-5-8(12)6-7/h3-6H,2H2,1H3,(H2,13,14,16,19,20). The number of carbonyl (C=O) groups is 1. The third kappa shape index (κ3) is 3.72. The first-order chi connectivity index (χ1) is 9.58. The minimum Gasteiger partial charge on any atom is -0.299 e. The topological polar surface area (TPSA) is 84.7 Å². The second-order valence-electron chi connectivity index (χ2n) is 3.72. The molecule has 0 fully saturated rings. The molecule has 104 valence electrons. The Kier molecular flexibility index (Phi) is 4.59. The lowest BCUT2D eigenvalue weighted by atomic mass is 10.2.